The standard InChI is InChI=1S/C24H45NO2/c1-4-7-8-9-10-11-12-13-14-15-16-17-18-19-20-21-23(5-2)22-25-27-24(26)6-3/h6,14-15,23,25H,3-5,7-13,16-22H2,1-2H3/b15-14-. The Morgan fingerprint density at radius 2 is 1.44 bits per heavy atom. The van der Waals surface area contributed by atoms with Crippen LogP contribution < -0.4 is 5.48 Å². The minimum atomic E-state index is -0.412. The molecule has 0 aromatic carbocycles. The largest absolute Gasteiger partial charge is 0.367 e. The molecule has 0 aromatic heterocycles. The molecule has 0 saturated carbocycles. The van der Waals surface area contributed by atoms with Gasteiger partial charge < -0.3 is 4.84 Å². The third-order valence-corrected chi connectivity index (χ3v) is 5.16. The van der Waals surface area contributed by atoms with Crippen molar-refractivity contribution in [3.63, 3.8) is 0 Å². The topological polar surface area (TPSA) is 38.3 Å². The molecular formula is C24H45NO2. The van der Waals surface area contributed by atoms with Crippen molar-refractivity contribution in [3.8, 4) is 0 Å². The highest BCUT2D eigenvalue weighted by Gasteiger charge is 2.06. The van der Waals surface area contributed by atoms with Crippen molar-refractivity contribution in [2.45, 2.75) is 110 Å². The Bertz CT molecular complexity index is 365. The van der Waals surface area contributed by atoms with E-state index in [4.69, 9.17) is 4.84 Å². The summed E-state index contributed by atoms with van der Waals surface area (Å²) >= 11 is 0. The summed E-state index contributed by atoms with van der Waals surface area (Å²) in [5, 5.41) is 0. The fraction of sp³-hybridized carbons (Fsp3) is 0.792. The van der Waals surface area contributed by atoms with Gasteiger partial charge in [0.2, 0.25) is 0 Å². The molecule has 0 aliphatic heterocycles. The van der Waals surface area contributed by atoms with Gasteiger partial charge in [-0.1, -0.05) is 96.8 Å². The highest BCUT2D eigenvalue weighted by atomic mass is 16.7. The molecule has 0 aliphatic rings. The van der Waals surface area contributed by atoms with Crippen LogP contribution in [-0.2, 0) is 9.63 Å². The van der Waals surface area contributed by atoms with E-state index in [-0.39, 0.29) is 0 Å². The number of nitrogens with one attached hydrogen (secondary N) is 1. The normalized spacial score (nSPS) is 12.4. The minimum absolute atomic E-state index is 0.412. The molecular weight excluding hydrogens is 334 g/mol. The van der Waals surface area contributed by atoms with Crippen molar-refractivity contribution in [1.82, 2.24) is 5.48 Å². The second-order valence-corrected chi connectivity index (χ2v) is 7.62. The predicted molar refractivity (Wildman–Crippen MR) is 118 cm³/mol. The third-order valence-electron chi connectivity index (χ3n) is 5.16. The van der Waals surface area contributed by atoms with Crippen LogP contribution in [0.5, 0.6) is 0 Å². The van der Waals surface area contributed by atoms with Gasteiger partial charge in [-0.25, -0.2) is 4.79 Å². The zero-order valence-corrected chi connectivity index (χ0v) is 18.1. The number of carbonyl (C=O) groups excluding carboxylic acids is 1. The van der Waals surface area contributed by atoms with E-state index < -0.39 is 5.97 Å². The molecule has 0 heterocycles. The summed E-state index contributed by atoms with van der Waals surface area (Å²) in [5.41, 5.74) is 2.76. The van der Waals surface area contributed by atoms with Crippen LogP contribution in [0.3, 0.4) is 0 Å². The number of carbonyl (C=O) groups is 1. The van der Waals surface area contributed by atoms with E-state index >= 15 is 0 Å². The first-order valence-corrected chi connectivity index (χ1v) is 11.5. The molecule has 0 bridgehead atoms. The molecule has 0 aliphatic carbocycles. The van der Waals surface area contributed by atoms with Crippen LogP contribution in [0, 0.1) is 5.92 Å². The van der Waals surface area contributed by atoms with E-state index in [1.165, 1.54) is 96.0 Å². The summed E-state index contributed by atoms with van der Waals surface area (Å²) in [5.74, 6) is 0.161. The van der Waals surface area contributed by atoms with Gasteiger partial charge in [-0.3, -0.25) is 0 Å². The Morgan fingerprint density at radius 3 is 2.00 bits per heavy atom. The summed E-state index contributed by atoms with van der Waals surface area (Å²) in [6.45, 7) is 8.58. The van der Waals surface area contributed by atoms with E-state index in [2.05, 4.69) is 38.1 Å². The lowest BCUT2D eigenvalue weighted by molar-refractivity contribution is -0.145. The van der Waals surface area contributed by atoms with Crippen LogP contribution in [0.1, 0.15) is 110 Å². The second-order valence-electron chi connectivity index (χ2n) is 7.62. The second kappa shape index (κ2) is 21.2. The fourth-order valence-electron chi connectivity index (χ4n) is 3.23. The highest BCUT2D eigenvalue weighted by molar-refractivity contribution is 5.80. The maximum absolute atomic E-state index is 11.0. The molecule has 0 fully saturated rings. The summed E-state index contributed by atoms with van der Waals surface area (Å²) in [7, 11) is 0. The first-order chi connectivity index (χ1) is 13.2. The van der Waals surface area contributed by atoms with Gasteiger partial charge in [-0.15, -0.1) is 0 Å². The molecule has 3 nitrogen and oxygen atoms in total. The number of hydrogen-bond acceptors (Lipinski definition) is 3. The Kier molecular flexibility index (Phi) is 20.4. The lowest BCUT2D eigenvalue weighted by Crippen LogP contribution is -2.25. The van der Waals surface area contributed by atoms with Crippen LogP contribution in [0.2, 0.25) is 0 Å². The summed E-state index contributed by atoms with van der Waals surface area (Å²) in [6, 6.07) is 0. The van der Waals surface area contributed by atoms with Crippen molar-refractivity contribution in [2.75, 3.05) is 6.54 Å². The van der Waals surface area contributed by atoms with Crippen molar-refractivity contribution in [3.05, 3.63) is 24.8 Å². The van der Waals surface area contributed by atoms with Crippen LogP contribution in [-0.4, -0.2) is 12.5 Å². The van der Waals surface area contributed by atoms with Gasteiger partial charge in [-0.05, 0) is 38.0 Å². The SMILES string of the molecule is C=CC(=O)ONCC(CC)CCCCCC/C=C\CCCCCCCCC. The quantitative estimate of drug-likeness (QED) is 0.104. The maximum atomic E-state index is 11.0. The Labute approximate surface area is 169 Å². The molecule has 0 rings (SSSR count). The molecule has 0 aromatic rings. The molecule has 0 spiro atoms. The lowest BCUT2D eigenvalue weighted by Gasteiger charge is -2.14. The fourth-order valence-corrected chi connectivity index (χ4v) is 3.23. The zero-order valence-electron chi connectivity index (χ0n) is 18.1. The first kappa shape index (κ1) is 25.9. The number of rotatable bonds is 20. The zero-order chi connectivity index (χ0) is 20.0. The molecule has 1 unspecified atom stereocenters. The number of unbranched alkanes of at least 4 members (excludes halogenated alkanes) is 11. The average molecular weight is 380 g/mol. The monoisotopic (exact) mass is 379 g/mol. The van der Waals surface area contributed by atoms with E-state index in [1.54, 1.807) is 0 Å². The van der Waals surface area contributed by atoms with E-state index in [0.29, 0.717) is 5.92 Å². The van der Waals surface area contributed by atoms with Crippen LogP contribution in [0.25, 0.3) is 0 Å². The van der Waals surface area contributed by atoms with E-state index in [1.807, 2.05) is 0 Å². The average Bonchev–Trinajstić information content (AvgIpc) is 2.69. The first-order valence-electron chi connectivity index (χ1n) is 11.5. The molecule has 158 valence electrons. The van der Waals surface area contributed by atoms with Gasteiger partial charge in [-0.2, -0.15) is 5.48 Å². The van der Waals surface area contributed by atoms with Gasteiger partial charge in [0.1, 0.15) is 0 Å². The molecule has 3 heteroatoms. The van der Waals surface area contributed by atoms with Gasteiger partial charge in [0.15, 0.2) is 0 Å². The van der Waals surface area contributed by atoms with Crippen molar-refractivity contribution >= 4 is 5.97 Å². The molecule has 0 saturated heterocycles. The molecule has 1 atom stereocenters. The number of hydroxylamine groups is 1. The maximum Gasteiger partial charge on any atom is 0.348 e. The third kappa shape index (κ3) is 19.5. The van der Waals surface area contributed by atoms with Gasteiger partial charge in [0.25, 0.3) is 0 Å². The van der Waals surface area contributed by atoms with Gasteiger partial charge in [0.05, 0.1) is 0 Å². The smallest absolute Gasteiger partial charge is 0.348 e. The summed E-state index contributed by atoms with van der Waals surface area (Å²) in [6.07, 6.45) is 25.7. The summed E-state index contributed by atoms with van der Waals surface area (Å²) < 4.78 is 0. The van der Waals surface area contributed by atoms with E-state index in [0.717, 1.165) is 13.0 Å². The lowest BCUT2D eigenvalue weighted by atomic mass is 9.98. The molecule has 27 heavy (non-hydrogen) atoms. The molecule has 0 radical (unpaired) electrons. The Balaban J connectivity index is 3.37. The van der Waals surface area contributed by atoms with E-state index in [9.17, 15) is 4.79 Å². The Morgan fingerprint density at radius 1 is 0.889 bits per heavy atom. The number of allylic oxidation sites excluding steroid dienone is 2. The highest BCUT2D eigenvalue weighted by Crippen LogP contribution is 2.14. The van der Waals surface area contributed by atoms with Gasteiger partial charge >= 0.3 is 5.97 Å². The minimum Gasteiger partial charge on any atom is -0.367 e. The van der Waals surface area contributed by atoms with Crippen molar-refractivity contribution in [2.24, 2.45) is 5.92 Å². The van der Waals surface area contributed by atoms with Crippen molar-refractivity contribution < 1.29 is 9.63 Å². The Hall–Kier alpha value is -1.09. The van der Waals surface area contributed by atoms with Crippen LogP contribution in [0.4, 0.5) is 0 Å². The number of hydrogen-bond donors (Lipinski definition) is 1. The predicted octanol–water partition coefficient (Wildman–Crippen LogP) is 7.28. The van der Waals surface area contributed by atoms with Crippen LogP contribution in [0.15, 0.2) is 24.8 Å². The van der Waals surface area contributed by atoms with Gasteiger partial charge in [0, 0.05) is 12.6 Å². The molecule has 0 amide bonds. The molecule has 1 N–H and O–H groups in total. The summed E-state index contributed by atoms with van der Waals surface area (Å²) in [4.78, 5) is 15.8. The van der Waals surface area contributed by atoms with Crippen LogP contribution >= 0.6 is 0 Å². The van der Waals surface area contributed by atoms with Crippen molar-refractivity contribution in [1.29, 1.82) is 0 Å².